The largest absolute Gasteiger partial charge is 0.242 e. The third kappa shape index (κ3) is 3.97. The van der Waals surface area contributed by atoms with Crippen molar-refractivity contribution in [2.75, 3.05) is 14.1 Å². The van der Waals surface area contributed by atoms with Gasteiger partial charge in [0.15, 0.2) is 0 Å². The number of hydrogen-bond donors (Lipinski definition) is 1. The molecule has 0 spiro atoms. The molecular weight excluding hydrogens is 336 g/mol. The Bertz CT molecular complexity index is 877. The van der Waals surface area contributed by atoms with Gasteiger partial charge in [-0.1, -0.05) is 36.4 Å². The zero-order valence-corrected chi connectivity index (χ0v) is 14.4. The van der Waals surface area contributed by atoms with Crippen LogP contribution in [0.15, 0.2) is 64.4 Å². The molecule has 0 aromatic heterocycles. The summed E-state index contributed by atoms with van der Waals surface area (Å²) in [5.74, 6) is 0. The van der Waals surface area contributed by atoms with Crippen LogP contribution in [-0.4, -0.2) is 35.2 Å². The standard InChI is InChI=1S/C15H18N2O4S2/c1-17(2)23(20,21)15-11-7-6-8-13(15)12-16-22(18,19)14-9-4-3-5-10-14/h3-11,16H,12H2,1-2H3. The number of sulfonamides is 2. The van der Waals surface area contributed by atoms with Gasteiger partial charge in [0.2, 0.25) is 20.0 Å². The first-order valence-electron chi connectivity index (χ1n) is 6.80. The summed E-state index contributed by atoms with van der Waals surface area (Å²) < 4.78 is 52.6. The molecule has 0 saturated heterocycles. The Kier molecular flexibility index (Phi) is 5.20. The van der Waals surface area contributed by atoms with Gasteiger partial charge in [-0.25, -0.2) is 25.9 Å². The molecule has 2 aromatic carbocycles. The van der Waals surface area contributed by atoms with Crippen LogP contribution >= 0.6 is 0 Å². The Morgan fingerprint density at radius 1 is 0.870 bits per heavy atom. The summed E-state index contributed by atoms with van der Waals surface area (Å²) in [6, 6.07) is 14.2. The van der Waals surface area contributed by atoms with Crippen LogP contribution in [-0.2, 0) is 26.6 Å². The van der Waals surface area contributed by atoms with Crippen LogP contribution in [0.4, 0.5) is 0 Å². The third-order valence-electron chi connectivity index (χ3n) is 3.24. The monoisotopic (exact) mass is 354 g/mol. The zero-order valence-electron chi connectivity index (χ0n) is 12.8. The number of benzene rings is 2. The topological polar surface area (TPSA) is 83.6 Å². The first-order valence-corrected chi connectivity index (χ1v) is 9.72. The highest BCUT2D eigenvalue weighted by Crippen LogP contribution is 2.19. The van der Waals surface area contributed by atoms with Crippen molar-refractivity contribution in [3.63, 3.8) is 0 Å². The van der Waals surface area contributed by atoms with Gasteiger partial charge >= 0.3 is 0 Å². The summed E-state index contributed by atoms with van der Waals surface area (Å²) in [6.07, 6.45) is 0. The van der Waals surface area contributed by atoms with Gasteiger partial charge in [-0.05, 0) is 23.8 Å². The van der Waals surface area contributed by atoms with Crippen molar-refractivity contribution in [2.24, 2.45) is 0 Å². The molecule has 8 heteroatoms. The van der Waals surface area contributed by atoms with Crippen molar-refractivity contribution in [1.29, 1.82) is 0 Å². The van der Waals surface area contributed by atoms with Crippen LogP contribution in [0.1, 0.15) is 5.56 Å². The number of rotatable bonds is 6. The molecule has 0 unspecified atom stereocenters. The molecule has 6 nitrogen and oxygen atoms in total. The maximum Gasteiger partial charge on any atom is 0.242 e. The summed E-state index contributed by atoms with van der Waals surface area (Å²) in [5.41, 5.74) is 0.390. The SMILES string of the molecule is CN(C)S(=O)(=O)c1ccccc1CNS(=O)(=O)c1ccccc1. The van der Waals surface area contributed by atoms with E-state index in [0.717, 1.165) is 4.31 Å². The van der Waals surface area contributed by atoms with E-state index in [-0.39, 0.29) is 16.3 Å². The van der Waals surface area contributed by atoms with Gasteiger partial charge in [0.1, 0.15) is 0 Å². The first kappa shape index (κ1) is 17.6. The van der Waals surface area contributed by atoms with Gasteiger partial charge in [0.05, 0.1) is 9.79 Å². The Hall–Kier alpha value is -1.74. The molecule has 2 aromatic rings. The van der Waals surface area contributed by atoms with Crippen molar-refractivity contribution in [3.8, 4) is 0 Å². The van der Waals surface area contributed by atoms with E-state index in [4.69, 9.17) is 0 Å². The van der Waals surface area contributed by atoms with Crippen molar-refractivity contribution in [1.82, 2.24) is 9.03 Å². The van der Waals surface area contributed by atoms with E-state index in [1.807, 2.05) is 0 Å². The maximum absolute atomic E-state index is 12.3. The normalized spacial score (nSPS) is 12.5. The quantitative estimate of drug-likeness (QED) is 0.850. The smallest absolute Gasteiger partial charge is 0.207 e. The lowest BCUT2D eigenvalue weighted by Crippen LogP contribution is -2.27. The average molecular weight is 354 g/mol. The van der Waals surface area contributed by atoms with Crippen LogP contribution in [0.5, 0.6) is 0 Å². The Balaban J connectivity index is 2.29. The molecule has 0 bridgehead atoms. The highest BCUT2D eigenvalue weighted by molar-refractivity contribution is 7.89. The Morgan fingerprint density at radius 3 is 2.04 bits per heavy atom. The van der Waals surface area contributed by atoms with E-state index in [9.17, 15) is 16.8 Å². The van der Waals surface area contributed by atoms with E-state index >= 15 is 0 Å². The lowest BCUT2D eigenvalue weighted by Gasteiger charge is -2.15. The average Bonchev–Trinajstić information content (AvgIpc) is 2.54. The van der Waals surface area contributed by atoms with Crippen molar-refractivity contribution in [2.45, 2.75) is 16.3 Å². The minimum absolute atomic E-state index is 0.0840. The zero-order chi connectivity index (χ0) is 17.1. The van der Waals surface area contributed by atoms with Crippen molar-refractivity contribution < 1.29 is 16.8 Å². The van der Waals surface area contributed by atoms with E-state index in [1.165, 1.54) is 32.3 Å². The first-order chi connectivity index (χ1) is 10.7. The fourth-order valence-electron chi connectivity index (χ4n) is 1.95. The van der Waals surface area contributed by atoms with Crippen molar-refractivity contribution in [3.05, 3.63) is 60.2 Å². The van der Waals surface area contributed by atoms with E-state index < -0.39 is 20.0 Å². The Morgan fingerprint density at radius 2 is 1.43 bits per heavy atom. The number of nitrogens with one attached hydrogen (secondary N) is 1. The molecule has 0 radical (unpaired) electrons. The summed E-state index contributed by atoms with van der Waals surface area (Å²) >= 11 is 0. The molecule has 0 aliphatic carbocycles. The molecule has 124 valence electrons. The third-order valence-corrected chi connectivity index (χ3v) is 6.57. The van der Waals surface area contributed by atoms with Crippen LogP contribution in [0, 0.1) is 0 Å². The maximum atomic E-state index is 12.3. The summed E-state index contributed by atoms with van der Waals surface area (Å²) in [4.78, 5) is 0.216. The second-order valence-corrected chi connectivity index (χ2v) is 8.92. The van der Waals surface area contributed by atoms with Crippen LogP contribution in [0.3, 0.4) is 0 Å². The van der Waals surface area contributed by atoms with Gasteiger partial charge in [-0.3, -0.25) is 0 Å². The molecule has 23 heavy (non-hydrogen) atoms. The van der Waals surface area contributed by atoms with Gasteiger partial charge in [0.25, 0.3) is 0 Å². The minimum atomic E-state index is -3.70. The van der Waals surface area contributed by atoms with Crippen molar-refractivity contribution >= 4 is 20.0 Å². The molecule has 2 rings (SSSR count). The van der Waals surface area contributed by atoms with Gasteiger partial charge in [-0.15, -0.1) is 0 Å². The molecule has 0 heterocycles. The molecule has 0 amide bonds. The van der Waals surface area contributed by atoms with Crippen LogP contribution < -0.4 is 4.72 Å². The molecule has 0 atom stereocenters. The fourth-order valence-corrected chi connectivity index (χ4v) is 4.10. The second-order valence-electron chi connectivity index (χ2n) is 5.03. The van der Waals surface area contributed by atoms with E-state index in [1.54, 1.807) is 36.4 Å². The Labute approximate surface area is 136 Å². The molecular formula is C15H18N2O4S2. The predicted molar refractivity (Wildman–Crippen MR) is 87.8 cm³/mol. The molecule has 0 aliphatic rings. The highest BCUT2D eigenvalue weighted by Gasteiger charge is 2.22. The molecule has 1 N–H and O–H groups in total. The number of hydrogen-bond acceptors (Lipinski definition) is 4. The summed E-state index contributed by atoms with van der Waals surface area (Å²) in [5, 5.41) is 0. The van der Waals surface area contributed by atoms with Crippen LogP contribution in [0.25, 0.3) is 0 Å². The summed E-state index contributed by atoms with van der Waals surface area (Å²) in [7, 11) is -4.48. The fraction of sp³-hybridized carbons (Fsp3) is 0.200. The highest BCUT2D eigenvalue weighted by atomic mass is 32.2. The van der Waals surface area contributed by atoms with Crippen LogP contribution in [0.2, 0.25) is 0 Å². The van der Waals surface area contributed by atoms with E-state index in [2.05, 4.69) is 4.72 Å². The number of nitrogens with zero attached hydrogens (tertiary/aromatic N) is 1. The lowest BCUT2D eigenvalue weighted by atomic mass is 10.2. The van der Waals surface area contributed by atoms with Gasteiger partial charge in [-0.2, -0.15) is 0 Å². The lowest BCUT2D eigenvalue weighted by molar-refractivity contribution is 0.519. The summed E-state index contributed by atoms with van der Waals surface area (Å²) in [6.45, 7) is -0.111. The van der Waals surface area contributed by atoms with Gasteiger partial charge in [0, 0.05) is 20.6 Å². The minimum Gasteiger partial charge on any atom is -0.207 e. The van der Waals surface area contributed by atoms with E-state index in [0.29, 0.717) is 5.56 Å². The molecule has 0 saturated carbocycles. The predicted octanol–water partition coefficient (Wildman–Crippen LogP) is 1.42. The van der Waals surface area contributed by atoms with Gasteiger partial charge < -0.3 is 0 Å². The molecule has 0 aliphatic heterocycles. The second kappa shape index (κ2) is 6.79. The molecule has 0 fully saturated rings.